The highest BCUT2D eigenvalue weighted by Gasteiger charge is 2.26. The Labute approximate surface area is 177 Å². The molecule has 0 bridgehead atoms. The molecule has 3 aromatic heterocycles. The number of piperazine rings is 1. The summed E-state index contributed by atoms with van der Waals surface area (Å²) in [5, 5.41) is 1.16. The zero-order valence-electron chi connectivity index (χ0n) is 16.5. The molecule has 1 aliphatic heterocycles. The second kappa shape index (κ2) is 7.18. The summed E-state index contributed by atoms with van der Waals surface area (Å²) in [7, 11) is 1.78. The van der Waals surface area contributed by atoms with E-state index < -0.39 is 0 Å². The van der Waals surface area contributed by atoms with Crippen molar-refractivity contribution in [3.63, 3.8) is 0 Å². The molecule has 0 N–H and O–H groups in total. The van der Waals surface area contributed by atoms with Crippen LogP contribution in [0, 0.1) is 0 Å². The van der Waals surface area contributed by atoms with E-state index in [4.69, 9.17) is 11.6 Å². The summed E-state index contributed by atoms with van der Waals surface area (Å²) in [5.74, 6) is -0.0947. The number of fused-ring (bicyclic) bond motifs is 2. The number of pyridine rings is 1. The van der Waals surface area contributed by atoms with Crippen LogP contribution in [0.2, 0.25) is 5.02 Å². The van der Waals surface area contributed by atoms with Crippen molar-refractivity contribution in [3.8, 4) is 0 Å². The van der Waals surface area contributed by atoms with Gasteiger partial charge in [-0.1, -0.05) is 29.8 Å². The minimum absolute atomic E-state index is 0.0947. The van der Waals surface area contributed by atoms with E-state index >= 15 is 0 Å². The van der Waals surface area contributed by atoms with Crippen molar-refractivity contribution in [2.75, 3.05) is 31.1 Å². The average Bonchev–Trinajstić information content (AvgIpc) is 3.11. The fraction of sp³-hybridized carbons (Fsp3) is 0.227. The molecule has 152 valence electrons. The summed E-state index contributed by atoms with van der Waals surface area (Å²) in [5.41, 5.74) is 2.36. The molecule has 0 radical (unpaired) electrons. The van der Waals surface area contributed by atoms with Crippen LogP contribution < -0.4 is 10.5 Å². The number of carbonyl (C=O) groups is 1. The summed E-state index contributed by atoms with van der Waals surface area (Å²) in [4.78, 5) is 34.7. The van der Waals surface area contributed by atoms with Crippen LogP contribution in [-0.4, -0.2) is 50.9 Å². The van der Waals surface area contributed by atoms with Crippen molar-refractivity contribution in [1.29, 1.82) is 0 Å². The lowest BCUT2D eigenvalue weighted by molar-refractivity contribution is 0.0737. The predicted molar refractivity (Wildman–Crippen MR) is 118 cm³/mol. The largest absolute Gasteiger partial charge is 0.367 e. The normalized spacial score (nSPS) is 14.6. The summed E-state index contributed by atoms with van der Waals surface area (Å²) in [6, 6.07) is 14.8. The Hall–Kier alpha value is -3.32. The van der Waals surface area contributed by atoms with Gasteiger partial charge < -0.3 is 14.4 Å². The highest BCUT2D eigenvalue weighted by Crippen LogP contribution is 2.26. The highest BCUT2D eigenvalue weighted by atomic mass is 35.5. The van der Waals surface area contributed by atoms with E-state index in [1.807, 2.05) is 35.2 Å². The van der Waals surface area contributed by atoms with Gasteiger partial charge in [-0.15, -0.1) is 0 Å². The lowest BCUT2D eigenvalue weighted by Gasteiger charge is -2.36. The lowest BCUT2D eigenvalue weighted by Crippen LogP contribution is -2.49. The summed E-state index contributed by atoms with van der Waals surface area (Å²) in [6.07, 6.45) is 1.69. The molecule has 0 atom stereocenters. The van der Waals surface area contributed by atoms with Gasteiger partial charge in [0.25, 0.3) is 11.5 Å². The topological polar surface area (TPSA) is 62.9 Å². The van der Waals surface area contributed by atoms with Gasteiger partial charge in [-0.2, -0.15) is 0 Å². The minimum Gasteiger partial charge on any atom is -0.367 e. The number of anilines is 1. The smallest absolute Gasteiger partial charge is 0.270 e. The van der Waals surface area contributed by atoms with Crippen molar-refractivity contribution in [2.45, 2.75) is 0 Å². The highest BCUT2D eigenvalue weighted by molar-refractivity contribution is 6.33. The van der Waals surface area contributed by atoms with Gasteiger partial charge in [-0.3, -0.25) is 14.0 Å². The first-order valence-electron chi connectivity index (χ1n) is 9.80. The fourth-order valence-corrected chi connectivity index (χ4v) is 4.30. The van der Waals surface area contributed by atoms with Crippen LogP contribution in [0.25, 0.3) is 16.7 Å². The molecule has 7 nitrogen and oxygen atoms in total. The maximum Gasteiger partial charge on any atom is 0.270 e. The molecular weight excluding hydrogens is 402 g/mol. The second-order valence-electron chi connectivity index (χ2n) is 7.40. The van der Waals surface area contributed by atoms with Crippen LogP contribution in [0.15, 0.2) is 59.5 Å². The second-order valence-corrected chi connectivity index (χ2v) is 7.81. The molecule has 0 saturated carbocycles. The number of para-hydroxylation sites is 1. The van der Waals surface area contributed by atoms with E-state index in [9.17, 15) is 9.59 Å². The summed E-state index contributed by atoms with van der Waals surface area (Å²) < 4.78 is 3.21. The van der Waals surface area contributed by atoms with E-state index in [2.05, 4.69) is 9.88 Å². The van der Waals surface area contributed by atoms with E-state index in [0.29, 0.717) is 53.6 Å². The van der Waals surface area contributed by atoms with Crippen LogP contribution in [0.1, 0.15) is 10.5 Å². The molecule has 8 heteroatoms. The maximum absolute atomic E-state index is 13.2. The van der Waals surface area contributed by atoms with Crippen molar-refractivity contribution >= 4 is 39.9 Å². The lowest BCUT2D eigenvalue weighted by atomic mass is 10.2. The molecule has 1 amide bonds. The quantitative estimate of drug-likeness (QED) is 0.499. The van der Waals surface area contributed by atoms with Crippen molar-refractivity contribution in [3.05, 3.63) is 75.8 Å². The van der Waals surface area contributed by atoms with E-state index in [1.165, 1.54) is 4.40 Å². The molecule has 5 rings (SSSR count). The SMILES string of the molecule is Cn1c(C(=O)N2CCN(c3ccccc3Cl)CC2)cc2c(=O)n3ccccc3nc21. The Kier molecular flexibility index (Phi) is 4.47. The molecule has 0 spiro atoms. The van der Waals surface area contributed by atoms with Gasteiger partial charge in [0.2, 0.25) is 0 Å². The number of rotatable bonds is 2. The molecule has 4 heterocycles. The number of halogens is 1. The molecule has 1 aliphatic rings. The van der Waals surface area contributed by atoms with Crippen LogP contribution >= 0.6 is 11.6 Å². The molecule has 0 aliphatic carbocycles. The number of hydrogen-bond acceptors (Lipinski definition) is 4. The summed E-state index contributed by atoms with van der Waals surface area (Å²) >= 11 is 6.31. The number of benzene rings is 1. The van der Waals surface area contributed by atoms with Gasteiger partial charge in [-0.05, 0) is 30.3 Å². The van der Waals surface area contributed by atoms with Crippen LogP contribution in [0.3, 0.4) is 0 Å². The average molecular weight is 422 g/mol. The van der Waals surface area contributed by atoms with Gasteiger partial charge >= 0.3 is 0 Å². The summed E-state index contributed by atoms with van der Waals surface area (Å²) in [6.45, 7) is 2.56. The van der Waals surface area contributed by atoms with E-state index in [-0.39, 0.29) is 11.5 Å². The third-order valence-corrected chi connectivity index (χ3v) is 6.01. The van der Waals surface area contributed by atoms with Gasteiger partial charge in [-0.25, -0.2) is 4.98 Å². The first-order valence-corrected chi connectivity index (χ1v) is 10.2. The molecule has 1 fully saturated rings. The number of carbonyl (C=O) groups excluding carboxylic acids is 1. The number of nitrogens with zero attached hydrogens (tertiary/aromatic N) is 5. The third-order valence-electron chi connectivity index (χ3n) is 5.69. The standard InChI is InChI=1S/C22H20ClN5O2/c1-25-18(14-15-20(25)24-19-8-4-5-9-28(19)21(15)29)22(30)27-12-10-26(11-13-27)17-7-3-2-6-16(17)23/h2-9,14H,10-13H2,1H3. The van der Waals surface area contributed by atoms with Gasteiger partial charge in [0.05, 0.1) is 16.1 Å². The predicted octanol–water partition coefficient (Wildman–Crippen LogP) is 2.80. The van der Waals surface area contributed by atoms with Gasteiger partial charge in [0.1, 0.15) is 17.0 Å². The maximum atomic E-state index is 13.2. The van der Waals surface area contributed by atoms with Gasteiger partial charge in [0.15, 0.2) is 0 Å². The zero-order chi connectivity index (χ0) is 20.8. The molecule has 4 aromatic rings. The van der Waals surface area contributed by atoms with Crippen LogP contribution in [-0.2, 0) is 7.05 Å². The molecule has 1 aromatic carbocycles. The number of aryl methyl sites for hydroxylation is 1. The molecular formula is C22H20ClN5O2. The first-order chi connectivity index (χ1) is 14.5. The number of amides is 1. The Morgan fingerprint density at radius 3 is 2.53 bits per heavy atom. The Balaban J connectivity index is 1.44. The van der Waals surface area contributed by atoms with Crippen molar-refractivity contribution in [1.82, 2.24) is 18.9 Å². The number of aromatic nitrogens is 3. The minimum atomic E-state index is -0.172. The van der Waals surface area contributed by atoms with Crippen molar-refractivity contribution < 1.29 is 4.79 Å². The zero-order valence-corrected chi connectivity index (χ0v) is 17.2. The third kappa shape index (κ3) is 2.93. The Bertz CT molecular complexity index is 1330. The van der Waals surface area contributed by atoms with Crippen LogP contribution in [0.4, 0.5) is 5.69 Å². The first kappa shape index (κ1) is 18.7. The Morgan fingerprint density at radius 1 is 1.03 bits per heavy atom. The monoisotopic (exact) mass is 421 g/mol. The molecule has 0 unspecified atom stereocenters. The molecule has 30 heavy (non-hydrogen) atoms. The van der Waals surface area contributed by atoms with E-state index in [1.54, 1.807) is 36.0 Å². The molecule has 1 saturated heterocycles. The van der Waals surface area contributed by atoms with Crippen LogP contribution in [0.5, 0.6) is 0 Å². The van der Waals surface area contributed by atoms with E-state index in [0.717, 1.165) is 5.69 Å². The number of hydrogen-bond donors (Lipinski definition) is 0. The fourth-order valence-electron chi connectivity index (χ4n) is 4.05. The van der Waals surface area contributed by atoms with Crippen molar-refractivity contribution in [2.24, 2.45) is 7.05 Å². The Morgan fingerprint density at radius 2 is 1.77 bits per heavy atom. The van der Waals surface area contributed by atoms with Gasteiger partial charge in [0, 0.05) is 39.4 Å².